The Hall–Kier alpha value is -2.86. The molecule has 5 nitrogen and oxygen atoms in total. The molecule has 3 rings (SSSR count). The maximum Gasteiger partial charge on any atom is 0.161 e. The van der Waals surface area contributed by atoms with Crippen molar-refractivity contribution in [2.75, 3.05) is 13.7 Å². The molecule has 1 unspecified atom stereocenters. The molecule has 148 valence electrons. The molecule has 0 saturated heterocycles. The standard InChI is InChI=1S/C22H26FN3O2/c1-5-28-22-11-17(9-10-21(22)27-4)13-24-15(2)20-14-25-26(16(20)3)19-8-6-7-18(23)12-19/h6-12,14-15,24H,5,13H2,1-4H3. The van der Waals surface area contributed by atoms with Crippen LogP contribution >= 0.6 is 0 Å². The minimum Gasteiger partial charge on any atom is -0.493 e. The van der Waals surface area contributed by atoms with E-state index in [1.54, 1.807) is 17.9 Å². The summed E-state index contributed by atoms with van der Waals surface area (Å²) in [5, 5.41) is 7.95. The summed E-state index contributed by atoms with van der Waals surface area (Å²) >= 11 is 0. The number of aromatic nitrogens is 2. The van der Waals surface area contributed by atoms with Gasteiger partial charge in [0.25, 0.3) is 0 Å². The minimum atomic E-state index is -0.273. The predicted molar refractivity (Wildman–Crippen MR) is 108 cm³/mol. The van der Waals surface area contributed by atoms with Gasteiger partial charge in [-0.3, -0.25) is 0 Å². The van der Waals surface area contributed by atoms with E-state index in [1.165, 1.54) is 12.1 Å². The fourth-order valence-electron chi connectivity index (χ4n) is 3.20. The number of hydrogen-bond donors (Lipinski definition) is 1. The third kappa shape index (κ3) is 4.34. The molecule has 0 spiro atoms. The fourth-order valence-corrected chi connectivity index (χ4v) is 3.20. The van der Waals surface area contributed by atoms with Gasteiger partial charge in [0.05, 0.1) is 25.6 Å². The second-order valence-electron chi connectivity index (χ2n) is 6.60. The van der Waals surface area contributed by atoms with Gasteiger partial charge >= 0.3 is 0 Å². The van der Waals surface area contributed by atoms with Crippen molar-refractivity contribution in [3.8, 4) is 17.2 Å². The summed E-state index contributed by atoms with van der Waals surface area (Å²) in [6.07, 6.45) is 1.83. The number of halogens is 1. The first-order chi connectivity index (χ1) is 13.5. The number of nitrogens with zero attached hydrogens (tertiary/aromatic N) is 2. The van der Waals surface area contributed by atoms with Crippen LogP contribution in [0.5, 0.6) is 11.5 Å². The van der Waals surface area contributed by atoms with Crippen molar-refractivity contribution >= 4 is 0 Å². The lowest BCUT2D eigenvalue weighted by molar-refractivity contribution is 0.310. The van der Waals surface area contributed by atoms with E-state index in [1.807, 2.05) is 44.3 Å². The molecule has 0 amide bonds. The summed E-state index contributed by atoms with van der Waals surface area (Å²) in [7, 11) is 1.64. The Kier molecular flexibility index (Phi) is 6.31. The first-order valence-electron chi connectivity index (χ1n) is 9.37. The molecule has 1 heterocycles. The summed E-state index contributed by atoms with van der Waals surface area (Å²) in [5.74, 6) is 1.20. The summed E-state index contributed by atoms with van der Waals surface area (Å²) in [5.41, 5.74) is 3.87. The molecule has 3 aromatic rings. The number of hydrogen-bond acceptors (Lipinski definition) is 4. The normalized spacial score (nSPS) is 12.0. The van der Waals surface area contributed by atoms with Crippen LogP contribution < -0.4 is 14.8 Å². The first kappa shape index (κ1) is 19.9. The van der Waals surface area contributed by atoms with Gasteiger partial charge in [-0.05, 0) is 56.7 Å². The molecule has 0 aliphatic heterocycles. The number of benzene rings is 2. The van der Waals surface area contributed by atoms with Crippen molar-refractivity contribution in [3.05, 3.63) is 71.3 Å². The molecular formula is C22H26FN3O2. The van der Waals surface area contributed by atoms with Crippen molar-refractivity contribution in [1.82, 2.24) is 15.1 Å². The van der Waals surface area contributed by atoms with Gasteiger partial charge in [0, 0.05) is 23.8 Å². The summed E-state index contributed by atoms with van der Waals surface area (Å²) in [6, 6.07) is 12.5. The van der Waals surface area contributed by atoms with Gasteiger partial charge in [0.1, 0.15) is 5.82 Å². The predicted octanol–water partition coefficient (Wildman–Crippen LogP) is 4.58. The van der Waals surface area contributed by atoms with E-state index in [2.05, 4.69) is 17.3 Å². The zero-order chi connectivity index (χ0) is 20.1. The van der Waals surface area contributed by atoms with Gasteiger partial charge in [-0.15, -0.1) is 0 Å². The topological polar surface area (TPSA) is 48.3 Å². The monoisotopic (exact) mass is 383 g/mol. The lowest BCUT2D eigenvalue weighted by Crippen LogP contribution is -2.18. The summed E-state index contributed by atoms with van der Waals surface area (Å²) in [6.45, 7) is 7.29. The average molecular weight is 383 g/mol. The minimum absolute atomic E-state index is 0.0833. The quantitative estimate of drug-likeness (QED) is 0.619. The molecule has 0 fully saturated rings. The van der Waals surface area contributed by atoms with E-state index in [9.17, 15) is 4.39 Å². The highest BCUT2D eigenvalue weighted by Gasteiger charge is 2.15. The van der Waals surface area contributed by atoms with Crippen LogP contribution in [-0.4, -0.2) is 23.5 Å². The van der Waals surface area contributed by atoms with Crippen LogP contribution in [-0.2, 0) is 6.54 Å². The zero-order valence-electron chi connectivity index (χ0n) is 16.7. The molecule has 2 aromatic carbocycles. The molecular weight excluding hydrogens is 357 g/mol. The second kappa shape index (κ2) is 8.89. The van der Waals surface area contributed by atoms with Crippen molar-refractivity contribution in [2.45, 2.75) is 33.4 Å². The van der Waals surface area contributed by atoms with Gasteiger partial charge in [-0.2, -0.15) is 5.10 Å². The maximum atomic E-state index is 13.5. The average Bonchev–Trinajstić information content (AvgIpc) is 3.08. The number of methoxy groups -OCH3 is 1. The molecule has 28 heavy (non-hydrogen) atoms. The van der Waals surface area contributed by atoms with Crippen LogP contribution in [0, 0.1) is 12.7 Å². The summed E-state index contributed by atoms with van der Waals surface area (Å²) < 4.78 is 26.3. The Morgan fingerprint density at radius 3 is 2.71 bits per heavy atom. The highest BCUT2D eigenvalue weighted by atomic mass is 19.1. The number of ether oxygens (including phenoxy) is 2. The fraction of sp³-hybridized carbons (Fsp3) is 0.318. The van der Waals surface area contributed by atoms with Crippen molar-refractivity contribution in [1.29, 1.82) is 0 Å². The maximum absolute atomic E-state index is 13.5. The molecule has 0 aliphatic rings. The highest BCUT2D eigenvalue weighted by molar-refractivity contribution is 5.43. The van der Waals surface area contributed by atoms with E-state index in [0.717, 1.165) is 28.3 Å². The van der Waals surface area contributed by atoms with E-state index in [-0.39, 0.29) is 11.9 Å². The number of rotatable bonds is 8. The van der Waals surface area contributed by atoms with Gasteiger partial charge in [-0.1, -0.05) is 12.1 Å². The van der Waals surface area contributed by atoms with Crippen LogP contribution in [0.3, 0.4) is 0 Å². The molecule has 1 N–H and O–H groups in total. The van der Waals surface area contributed by atoms with E-state index in [0.29, 0.717) is 18.8 Å². The first-order valence-corrected chi connectivity index (χ1v) is 9.37. The zero-order valence-corrected chi connectivity index (χ0v) is 16.7. The molecule has 0 bridgehead atoms. The van der Waals surface area contributed by atoms with Crippen molar-refractivity contribution in [3.63, 3.8) is 0 Å². The van der Waals surface area contributed by atoms with E-state index >= 15 is 0 Å². The van der Waals surface area contributed by atoms with Gasteiger partial charge < -0.3 is 14.8 Å². The molecule has 1 atom stereocenters. The van der Waals surface area contributed by atoms with Crippen molar-refractivity contribution < 1.29 is 13.9 Å². The van der Waals surface area contributed by atoms with Gasteiger partial charge in [-0.25, -0.2) is 9.07 Å². The summed E-state index contributed by atoms with van der Waals surface area (Å²) in [4.78, 5) is 0. The number of nitrogens with one attached hydrogen (secondary N) is 1. The molecule has 1 aromatic heterocycles. The van der Waals surface area contributed by atoms with E-state index < -0.39 is 0 Å². The molecule has 6 heteroatoms. The lowest BCUT2D eigenvalue weighted by Gasteiger charge is -2.16. The second-order valence-corrected chi connectivity index (χ2v) is 6.60. The molecule has 0 aliphatic carbocycles. The van der Waals surface area contributed by atoms with E-state index in [4.69, 9.17) is 9.47 Å². The van der Waals surface area contributed by atoms with Crippen molar-refractivity contribution in [2.24, 2.45) is 0 Å². The molecule has 0 saturated carbocycles. The molecule has 0 radical (unpaired) electrons. The van der Waals surface area contributed by atoms with Crippen LogP contribution in [0.1, 0.15) is 36.7 Å². The Morgan fingerprint density at radius 1 is 1.18 bits per heavy atom. The Bertz CT molecular complexity index is 939. The Labute approximate surface area is 165 Å². The van der Waals surface area contributed by atoms with Crippen LogP contribution in [0.25, 0.3) is 5.69 Å². The Morgan fingerprint density at radius 2 is 2.00 bits per heavy atom. The highest BCUT2D eigenvalue weighted by Crippen LogP contribution is 2.28. The third-order valence-corrected chi connectivity index (χ3v) is 4.71. The lowest BCUT2D eigenvalue weighted by atomic mass is 10.1. The van der Waals surface area contributed by atoms with Crippen LogP contribution in [0.4, 0.5) is 4.39 Å². The van der Waals surface area contributed by atoms with Crippen LogP contribution in [0.2, 0.25) is 0 Å². The van der Waals surface area contributed by atoms with Gasteiger partial charge in [0.2, 0.25) is 0 Å². The Balaban J connectivity index is 1.72. The SMILES string of the molecule is CCOc1cc(CNC(C)c2cnn(-c3cccc(F)c3)c2C)ccc1OC. The van der Waals surface area contributed by atoms with Crippen LogP contribution in [0.15, 0.2) is 48.7 Å². The van der Waals surface area contributed by atoms with Gasteiger partial charge in [0.15, 0.2) is 11.5 Å². The largest absolute Gasteiger partial charge is 0.493 e. The smallest absolute Gasteiger partial charge is 0.161 e. The third-order valence-electron chi connectivity index (χ3n) is 4.71.